The Bertz CT molecular complexity index is 339. The van der Waals surface area contributed by atoms with Gasteiger partial charge in [-0.1, -0.05) is 26.2 Å². The molecule has 0 aromatic rings. The van der Waals surface area contributed by atoms with Crippen LogP contribution in [-0.2, 0) is 9.59 Å². The molecule has 0 aromatic heterocycles. The maximum Gasteiger partial charge on any atom is 0.307 e. The zero-order valence-corrected chi connectivity index (χ0v) is 10.8. The van der Waals surface area contributed by atoms with Gasteiger partial charge < -0.3 is 10.2 Å². The first-order chi connectivity index (χ1) is 8.56. The van der Waals surface area contributed by atoms with Gasteiger partial charge >= 0.3 is 11.9 Å². The molecule has 5 unspecified atom stereocenters. The first-order valence-corrected chi connectivity index (χ1v) is 7.01. The summed E-state index contributed by atoms with van der Waals surface area (Å²) in [6, 6.07) is 0. The van der Waals surface area contributed by atoms with Gasteiger partial charge in [0.2, 0.25) is 0 Å². The van der Waals surface area contributed by atoms with Crippen LogP contribution in [0.5, 0.6) is 0 Å². The summed E-state index contributed by atoms with van der Waals surface area (Å²) in [5, 5.41) is 18.8. The normalized spacial score (nSPS) is 39.9. The van der Waals surface area contributed by atoms with Crippen LogP contribution < -0.4 is 0 Å². The van der Waals surface area contributed by atoms with Crippen LogP contribution >= 0.6 is 0 Å². The van der Waals surface area contributed by atoms with Gasteiger partial charge in [-0.15, -0.1) is 0 Å². The van der Waals surface area contributed by atoms with Gasteiger partial charge in [-0.2, -0.15) is 0 Å². The van der Waals surface area contributed by atoms with Crippen molar-refractivity contribution in [1.82, 2.24) is 0 Å². The number of carbonyl (C=O) groups is 2. The van der Waals surface area contributed by atoms with E-state index in [-0.39, 0.29) is 29.6 Å². The van der Waals surface area contributed by atoms with E-state index in [1.807, 2.05) is 6.92 Å². The Labute approximate surface area is 107 Å². The van der Waals surface area contributed by atoms with E-state index in [1.165, 1.54) is 0 Å². The van der Waals surface area contributed by atoms with Crippen LogP contribution in [0.2, 0.25) is 0 Å². The third-order valence-corrected chi connectivity index (χ3v) is 5.04. The highest BCUT2D eigenvalue weighted by Crippen LogP contribution is 2.50. The highest BCUT2D eigenvalue weighted by Gasteiger charge is 2.49. The van der Waals surface area contributed by atoms with Crippen LogP contribution in [0.4, 0.5) is 0 Å². The number of rotatable bonds is 3. The smallest absolute Gasteiger partial charge is 0.307 e. The predicted molar refractivity (Wildman–Crippen MR) is 66.1 cm³/mol. The van der Waals surface area contributed by atoms with E-state index < -0.39 is 11.9 Å². The van der Waals surface area contributed by atoms with Crippen molar-refractivity contribution in [3.63, 3.8) is 0 Å². The summed E-state index contributed by atoms with van der Waals surface area (Å²) < 4.78 is 0. The molecule has 2 aliphatic rings. The molecule has 5 atom stereocenters. The van der Waals surface area contributed by atoms with E-state index in [0.717, 1.165) is 32.1 Å². The minimum atomic E-state index is -0.728. The SMILES string of the molecule is CCC1CC(C(=O)O)C2CCCCC2C1C(=O)O. The van der Waals surface area contributed by atoms with E-state index >= 15 is 0 Å². The lowest BCUT2D eigenvalue weighted by Crippen LogP contribution is -2.47. The van der Waals surface area contributed by atoms with Gasteiger partial charge in [-0.25, -0.2) is 0 Å². The number of hydrogen-bond acceptors (Lipinski definition) is 2. The van der Waals surface area contributed by atoms with Gasteiger partial charge in [0.05, 0.1) is 11.8 Å². The molecule has 2 N–H and O–H groups in total. The molecule has 0 bridgehead atoms. The summed E-state index contributed by atoms with van der Waals surface area (Å²) >= 11 is 0. The first kappa shape index (κ1) is 13.4. The highest BCUT2D eigenvalue weighted by molar-refractivity contribution is 5.74. The van der Waals surface area contributed by atoms with Crippen molar-refractivity contribution >= 4 is 11.9 Å². The summed E-state index contributed by atoms with van der Waals surface area (Å²) in [5.74, 6) is -1.90. The second-order valence-electron chi connectivity index (χ2n) is 5.82. The number of hydrogen-bond donors (Lipinski definition) is 2. The molecule has 0 saturated heterocycles. The standard InChI is InChI=1S/C14H22O4/c1-2-8-7-11(13(15)16)9-5-3-4-6-10(9)12(8)14(17)18/h8-12H,2-7H2,1H3,(H,15,16)(H,17,18). The van der Waals surface area contributed by atoms with Crippen molar-refractivity contribution in [2.75, 3.05) is 0 Å². The molecule has 18 heavy (non-hydrogen) atoms. The Balaban J connectivity index is 2.28. The van der Waals surface area contributed by atoms with Crippen molar-refractivity contribution in [2.45, 2.75) is 45.4 Å². The van der Waals surface area contributed by atoms with E-state index in [2.05, 4.69) is 0 Å². The fourth-order valence-electron chi connectivity index (χ4n) is 4.22. The first-order valence-electron chi connectivity index (χ1n) is 7.01. The lowest BCUT2D eigenvalue weighted by atomic mass is 9.57. The maximum absolute atomic E-state index is 11.5. The zero-order valence-electron chi connectivity index (χ0n) is 10.8. The van der Waals surface area contributed by atoms with Gasteiger partial charge in [0.25, 0.3) is 0 Å². The third kappa shape index (κ3) is 2.25. The van der Waals surface area contributed by atoms with Gasteiger partial charge in [0.15, 0.2) is 0 Å². The number of fused-ring (bicyclic) bond motifs is 1. The molecular weight excluding hydrogens is 232 g/mol. The summed E-state index contributed by atoms with van der Waals surface area (Å²) in [4.78, 5) is 22.9. The van der Waals surface area contributed by atoms with Crippen LogP contribution in [0.3, 0.4) is 0 Å². The third-order valence-electron chi connectivity index (χ3n) is 5.04. The highest BCUT2D eigenvalue weighted by atomic mass is 16.4. The molecule has 2 saturated carbocycles. The molecule has 0 spiro atoms. The van der Waals surface area contributed by atoms with E-state index in [1.54, 1.807) is 0 Å². The second kappa shape index (κ2) is 5.29. The molecule has 102 valence electrons. The fourth-order valence-corrected chi connectivity index (χ4v) is 4.22. The van der Waals surface area contributed by atoms with Crippen molar-refractivity contribution in [2.24, 2.45) is 29.6 Å². The second-order valence-corrected chi connectivity index (χ2v) is 5.82. The maximum atomic E-state index is 11.5. The molecule has 4 heteroatoms. The quantitative estimate of drug-likeness (QED) is 0.811. The molecule has 0 aromatic carbocycles. The van der Waals surface area contributed by atoms with Gasteiger partial charge in [-0.05, 0) is 37.0 Å². The summed E-state index contributed by atoms with van der Waals surface area (Å²) in [7, 11) is 0. The molecule has 4 nitrogen and oxygen atoms in total. The average molecular weight is 254 g/mol. The molecular formula is C14H22O4. The minimum absolute atomic E-state index is 0.0305. The zero-order chi connectivity index (χ0) is 13.3. The monoisotopic (exact) mass is 254 g/mol. The van der Waals surface area contributed by atoms with Crippen LogP contribution in [0, 0.1) is 29.6 Å². The van der Waals surface area contributed by atoms with E-state index in [0.29, 0.717) is 6.42 Å². The molecule has 0 amide bonds. The van der Waals surface area contributed by atoms with Crippen molar-refractivity contribution < 1.29 is 19.8 Å². The van der Waals surface area contributed by atoms with Crippen molar-refractivity contribution in [3.8, 4) is 0 Å². The van der Waals surface area contributed by atoms with Crippen molar-refractivity contribution in [1.29, 1.82) is 0 Å². The Kier molecular flexibility index (Phi) is 3.93. The number of carboxylic acids is 2. The molecule has 0 aliphatic heterocycles. The Morgan fingerprint density at radius 3 is 2.17 bits per heavy atom. The van der Waals surface area contributed by atoms with Crippen LogP contribution in [0.1, 0.15) is 45.4 Å². The minimum Gasteiger partial charge on any atom is -0.481 e. The molecule has 2 fully saturated rings. The van der Waals surface area contributed by atoms with Crippen LogP contribution in [0.25, 0.3) is 0 Å². The average Bonchev–Trinajstić information content (AvgIpc) is 2.35. The van der Waals surface area contributed by atoms with E-state index in [9.17, 15) is 19.8 Å². The Morgan fingerprint density at radius 2 is 1.67 bits per heavy atom. The lowest BCUT2D eigenvalue weighted by molar-refractivity contribution is -0.160. The summed E-state index contributed by atoms with van der Waals surface area (Å²) in [6.45, 7) is 1.97. The molecule has 0 radical (unpaired) electrons. The molecule has 0 heterocycles. The fraction of sp³-hybridized carbons (Fsp3) is 0.857. The van der Waals surface area contributed by atoms with E-state index in [4.69, 9.17) is 0 Å². The van der Waals surface area contributed by atoms with Gasteiger partial charge in [-0.3, -0.25) is 9.59 Å². The Hall–Kier alpha value is -1.06. The van der Waals surface area contributed by atoms with Gasteiger partial charge in [0, 0.05) is 0 Å². The largest absolute Gasteiger partial charge is 0.481 e. The number of carboxylic acid groups (broad SMARTS) is 2. The van der Waals surface area contributed by atoms with Gasteiger partial charge in [0.1, 0.15) is 0 Å². The van der Waals surface area contributed by atoms with Crippen LogP contribution in [-0.4, -0.2) is 22.2 Å². The summed E-state index contributed by atoms with van der Waals surface area (Å²) in [6.07, 6.45) is 5.19. The Morgan fingerprint density at radius 1 is 1.06 bits per heavy atom. The predicted octanol–water partition coefficient (Wildman–Crippen LogP) is 2.62. The summed E-state index contributed by atoms with van der Waals surface area (Å²) in [5.41, 5.74) is 0. The number of aliphatic carboxylic acids is 2. The molecule has 2 aliphatic carbocycles. The van der Waals surface area contributed by atoms with Crippen molar-refractivity contribution in [3.05, 3.63) is 0 Å². The molecule has 2 rings (SSSR count). The van der Waals surface area contributed by atoms with Crippen LogP contribution in [0.15, 0.2) is 0 Å². The lowest BCUT2D eigenvalue weighted by Gasteiger charge is -2.46. The topological polar surface area (TPSA) is 74.6 Å².